The summed E-state index contributed by atoms with van der Waals surface area (Å²) in [7, 11) is 1.35. The van der Waals surface area contributed by atoms with Gasteiger partial charge < -0.3 is 4.74 Å². The summed E-state index contributed by atoms with van der Waals surface area (Å²) >= 11 is 1.55. The highest BCUT2D eigenvalue weighted by atomic mass is 32.2. The molecule has 1 amide bonds. The number of thioether (sulfide) groups is 1. The number of amidine groups is 1. The Morgan fingerprint density at radius 3 is 2.65 bits per heavy atom. The topological polar surface area (TPSA) is 59.0 Å². The quantitative estimate of drug-likeness (QED) is 0.783. The summed E-state index contributed by atoms with van der Waals surface area (Å²) in [6, 6.07) is 7.38. The third kappa shape index (κ3) is 2.79. The molecule has 0 N–H and O–H groups in total. The molecule has 0 radical (unpaired) electrons. The molecule has 1 saturated heterocycles. The van der Waals surface area contributed by atoms with Crippen LogP contribution >= 0.6 is 11.8 Å². The number of nitrogens with zero attached hydrogens (tertiary/aromatic N) is 2. The SMILES string of the molecule is COC(=O)C1=C(C)N=C2SCCC(=O)N2[C@@H]1c1ccc(C)cc1. The summed E-state index contributed by atoms with van der Waals surface area (Å²) < 4.78 is 4.94. The highest BCUT2D eigenvalue weighted by molar-refractivity contribution is 8.14. The minimum Gasteiger partial charge on any atom is -0.466 e. The largest absolute Gasteiger partial charge is 0.466 e. The van der Waals surface area contributed by atoms with Crippen LogP contribution in [-0.2, 0) is 14.3 Å². The third-order valence-electron chi connectivity index (χ3n) is 4.01. The van der Waals surface area contributed by atoms with Gasteiger partial charge in [-0.3, -0.25) is 9.69 Å². The molecule has 5 nitrogen and oxygen atoms in total. The summed E-state index contributed by atoms with van der Waals surface area (Å²) in [4.78, 5) is 30.9. The van der Waals surface area contributed by atoms with Crippen LogP contribution < -0.4 is 0 Å². The molecule has 3 rings (SSSR count). The average molecular weight is 330 g/mol. The molecule has 2 aliphatic heterocycles. The molecule has 1 atom stereocenters. The number of benzene rings is 1. The standard InChI is InChI=1S/C17H18N2O3S/c1-10-4-6-12(7-5-10)15-14(16(21)22-3)11(2)18-17-19(15)13(20)8-9-23-17/h4-7,15H,8-9H2,1-3H3/t15-/m1/s1. The van der Waals surface area contributed by atoms with E-state index >= 15 is 0 Å². The van der Waals surface area contributed by atoms with Crippen molar-refractivity contribution in [3.05, 3.63) is 46.7 Å². The number of amides is 1. The minimum atomic E-state index is -0.476. The van der Waals surface area contributed by atoms with Crippen molar-refractivity contribution < 1.29 is 14.3 Å². The first-order chi connectivity index (χ1) is 11.0. The van der Waals surface area contributed by atoms with Crippen LogP contribution in [0.25, 0.3) is 0 Å². The van der Waals surface area contributed by atoms with Gasteiger partial charge in [0.25, 0.3) is 0 Å². The first kappa shape index (κ1) is 15.8. The summed E-state index contributed by atoms with van der Waals surface area (Å²) in [5, 5.41) is 0.664. The van der Waals surface area contributed by atoms with Gasteiger partial charge in [-0.1, -0.05) is 41.6 Å². The van der Waals surface area contributed by atoms with Gasteiger partial charge in [0, 0.05) is 12.2 Å². The summed E-state index contributed by atoms with van der Waals surface area (Å²) in [5.74, 6) is 0.261. The molecule has 23 heavy (non-hydrogen) atoms. The van der Waals surface area contributed by atoms with E-state index in [0.29, 0.717) is 22.9 Å². The second-order valence-corrected chi connectivity index (χ2v) is 6.62. The first-order valence-electron chi connectivity index (χ1n) is 7.42. The van der Waals surface area contributed by atoms with Gasteiger partial charge in [0.2, 0.25) is 5.91 Å². The Kier molecular flexibility index (Phi) is 4.26. The molecule has 0 spiro atoms. The summed E-state index contributed by atoms with van der Waals surface area (Å²) in [6.07, 6.45) is 0.444. The molecule has 0 aromatic heterocycles. The molecule has 0 aliphatic carbocycles. The Hall–Kier alpha value is -2.08. The maximum atomic E-state index is 12.5. The van der Waals surface area contributed by atoms with Crippen LogP contribution in [0, 0.1) is 6.92 Å². The Balaban J connectivity index is 2.17. The lowest BCUT2D eigenvalue weighted by molar-refractivity contribution is -0.137. The highest BCUT2D eigenvalue weighted by Gasteiger charge is 2.41. The number of aryl methyl sites for hydroxylation is 1. The lowest BCUT2D eigenvalue weighted by Crippen LogP contribution is -2.45. The summed E-state index contributed by atoms with van der Waals surface area (Å²) in [6.45, 7) is 3.79. The van der Waals surface area contributed by atoms with Crippen molar-refractivity contribution >= 4 is 28.8 Å². The number of allylic oxidation sites excluding steroid dienone is 1. The molecular weight excluding hydrogens is 312 g/mol. The predicted octanol–water partition coefficient (Wildman–Crippen LogP) is 2.82. The van der Waals surface area contributed by atoms with E-state index in [1.165, 1.54) is 7.11 Å². The smallest absolute Gasteiger partial charge is 0.338 e. The van der Waals surface area contributed by atoms with E-state index in [0.717, 1.165) is 16.9 Å². The molecule has 2 aliphatic rings. The van der Waals surface area contributed by atoms with Crippen LogP contribution in [0.1, 0.15) is 30.5 Å². The Morgan fingerprint density at radius 1 is 1.30 bits per heavy atom. The zero-order chi connectivity index (χ0) is 16.6. The van der Waals surface area contributed by atoms with Gasteiger partial charge in [-0.2, -0.15) is 0 Å². The Morgan fingerprint density at radius 2 is 2.00 bits per heavy atom. The van der Waals surface area contributed by atoms with E-state index in [2.05, 4.69) is 4.99 Å². The average Bonchev–Trinajstić information content (AvgIpc) is 2.54. The van der Waals surface area contributed by atoms with Crippen LogP contribution in [0.15, 0.2) is 40.5 Å². The lowest BCUT2D eigenvalue weighted by Gasteiger charge is -2.38. The lowest BCUT2D eigenvalue weighted by atomic mass is 9.93. The van der Waals surface area contributed by atoms with Gasteiger partial charge in [-0.25, -0.2) is 9.79 Å². The molecular formula is C17H18N2O3S. The van der Waals surface area contributed by atoms with E-state index in [1.807, 2.05) is 31.2 Å². The molecule has 2 heterocycles. The van der Waals surface area contributed by atoms with E-state index in [-0.39, 0.29) is 5.91 Å². The molecule has 0 bridgehead atoms. The maximum absolute atomic E-state index is 12.5. The fourth-order valence-corrected chi connectivity index (χ4v) is 3.84. The number of aliphatic imine (C=N–C) groups is 1. The van der Waals surface area contributed by atoms with Gasteiger partial charge >= 0.3 is 5.97 Å². The van der Waals surface area contributed by atoms with Crippen LogP contribution in [0.2, 0.25) is 0 Å². The minimum absolute atomic E-state index is 0.0121. The van der Waals surface area contributed by atoms with Gasteiger partial charge in [0.05, 0.1) is 24.4 Å². The van der Waals surface area contributed by atoms with Crippen molar-refractivity contribution in [1.82, 2.24) is 4.90 Å². The second-order valence-electron chi connectivity index (χ2n) is 5.56. The first-order valence-corrected chi connectivity index (χ1v) is 8.40. The van der Waals surface area contributed by atoms with E-state index in [1.54, 1.807) is 23.6 Å². The van der Waals surface area contributed by atoms with Crippen molar-refractivity contribution in [2.24, 2.45) is 4.99 Å². The van der Waals surface area contributed by atoms with E-state index in [4.69, 9.17) is 4.74 Å². The number of ether oxygens (including phenoxy) is 1. The molecule has 6 heteroatoms. The van der Waals surface area contributed by atoms with Crippen molar-refractivity contribution in [2.75, 3.05) is 12.9 Å². The van der Waals surface area contributed by atoms with Crippen molar-refractivity contribution in [1.29, 1.82) is 0 Å². The molecule has 1 aromatic rings. The Labute approximate surface area is 139 Å². The number of carbonyl (C=O) groups excluding carboxylic acids is 2. The number of hydrogen-bond acceptors (Lipinski definition) is 5. The van der Waals surface area contributed by atoms with Gasteiger partial charge in [-0.05, 0) is 19.4 Å². The van der Waals surface area contributed by atoms with Crippen LogP contribution in [0.3, 0.4) is 0 Å². The van der Waals surface area contributed by atoms with Gasteiger partial charge in [0.15, 0.2) is 5.17 Å². The number of esters is 1. The fourth-order valence-electron chi connectivity index (χ4n) is 2.83. The molecule has 1 fully saturated rings. The van der Waals surface area contributed by atoms with Crippen molar-refractivity contribution in [3.8, 4) is 0 Å². The van der Waals surface area contributed by atoms with E-state index < -0.39 is 12.0 Å². The monoisotopic (exact) mass is 330 g/mol. The number of methoxy groups -OCH3 is 1. The zero-order valence-electron chi connectivity index (χ0n) is 13.3. The second kappa shape index (κ2) is 6.20. The highest BCUT2D eigenvalue weighted by Crippen LogP contribution is 2.40. The predicted molar refractivity (Wildman–Crippen MR) is 90.0 cm³/mol. The normalized spacial score (nSPS) is 21.0. The number of carbonyl (C=O) groups is 2. The van der Waals surface area contributed by atoms with Crippen LogP contribution in [0.4, 0.5) is 0 Å². The van der Waals surface area contributed by atoms with Crippen molar-refractivity contribution in [3.63, 3.8) is 0 Å². The molecule has 1 aromatic carbocycles. The van der Waals surface area contributed by atoms with Crippen LogP contribution in [-0.4, -0.2) is 34.8 Å². The molecule has 120 valence electrons. The molecule has 0 unspecified atom stereocenters. The fraction of sp³-hybridized carbons (Fsp3) is 0.353. The number of hydrogen-bond donors (Lipinski definition) is 0. The maximum Gasteiger partial charge on any atom is 0.338 e. The van der Waals surface area contributed by atoms with Gasteiger partial charge in [0.1, 0.15) is 0 Å². The zero-order valence-corrected chi connectivity index (χ0v) is 14.1. The van der Waals surface area contributed by atoms with E-state index in [9.17, 15) is 9.59 Å². The number of fused-ring (bicyclic) bond motifs is 1. The Bertz CT molecular complexity index is 722. The van der Waals surface area contributed by atoms with Gasteiger partial charge in [-0.15, -0.1) is 0 Å². The van der Waals surface area contributed by atoms with Crippen molar-refractivity contribution in [2.45, 2.75) is 26.3 Å². The van der Waals surface area contributed by atoms with Crippen LogP contribution in [0.5, 0.6) is 0 Å². The summed E-state index contributed by atoms with van der Waals surface area (Å²) in [5.41, 5.74) is 3.04. The number of rotatable bonds is 2. The third-order valence-corrected chi connectivity index (χ3v) is 4.96. The molecule has 0 saturated carbocycles.